The minimum Gasteiger partial charge on any atom is -0.352 e. The number of fused-ring (bicyclic) bond motifs is 1. The lowest BCUT2D eigenvalue weighted by Gasteiger charge is -2.24. The maximum atomic E-state index is 9.04. The third kappa shape index (κ3) is 1.85. The number of anilines is 1. The number of nitrogens with zero attached hydrogens (tertiary/aromatic N) is 4. The van der Waals surface area contributed by atoms with Crippen molar-refractivity contribution in [1.82, 2.24) is 15.3 Å². The second kappa shape index (κ2) is 4.30. The van der Waals surface area contributed by atoms with E-state index in [1.165, 1.54) is 12.8 Å². The number of aromatic nitrogens is 2. The maximum absolute atomic E-state index is 9.04. The summed E-state index contributed by atoms with van der Waals surface area (Å²) in [7, 11) is 0. The highest BCUT2D eigenvalue weighted by molar-refractivity contribution is 5.50. The first kappa shape index (κ1) is 10.5. The summed E-state index contributed by atoms with van der Waals surface area (Å²) in [6, 6.07) is 2.67. The van der Waals surface area contributed by atoms with Crippen molar-refractivity contribution >= 4 is 5.82 Å². The van der Waals surface area contributed by atoms with Gasteiger partial charge in [-0.25, -0.2) is 9.97 Å². The Morgan fingerprint density at radius 2 is 2.24 bits per heavy atom. The molecule has 1 aromatic heterocycles. The van der Waals surface area contributed by atoms with Gasteiger partial charge in [0.25, 0.3) is 0 Å². The largest absolute Gasteiger partial charge is 0.352 e. The molecule has 2 fully saturated rings. The van der Waals surface area contributed by atoms with Crippen molar-refractivity contribution in [3.05, 3.63) is 18.1 Å². The third-order valence-corrected chi connectivity index (χ3v) is 3.68. The van der Waals surface area contributed by atoms with E-state index in [9.17, 15) is 0 Å². The number of nitrogens with one attached hydrogen (secondary N) is 1. The summed E-state index contributed by atoms with van der Waals surface area (Å²) in [6.45, 7) is 3.05. The van der Waals surface area contributed by atoms with Gasteiger partial charge in [0.15, 0.2) is 11.5 Å². The van der Waals surface area contributed by atoms with Crippen LogP contribution < -0.4 is 10.2 Å². The molecule has 0 radical (unpaired) electrons. The van der Waals surface area contributed by atoms with Crippen molar-refractivity contribution in [2.45, 2.75) is 18.9 Å². The van der Waals surface area contributed by atoms with E-state index >= 15 is 0 Å². The predicted octanol–water partition coefficient (Wildman–Crippen LogP) is 0.536. The van der Waals surface area contributed by atoms with E-state index in [4.69, 9.17) is 5.26 Å². The summed E-state index contributed by atoms with van der Waals surface area (Å²) in [5.74, 6) is 1.43. The molecular formula is C12H15N5. The van der Waals surface area contributed by atoms with Crippen molar-refractivity contribution in [1.29, 1.82) is 5.26 Å². The van der Waals surface area contributed by atoms with Gasteiger partial charge in [0.1, 0.15) is 6.07 Å². The first-order chi connectivity index (χ1) is 8.38. The van der Waals surface area contributed by atoms with Gasteiger partial charge in [0.2, 0.25) is 0 Å². The lowest BCUT2D eigenvalue weighted by molar-refractivity contribution is 0.340. The summed E-state index contributed by atoms with van der Waals surface area (Å²) in [5.41, 5.74) is 0.436. The Labute approximate surface area is 100 Å². The Kier molecular flexibility index (Phi) is 2.65. The second-order valence-corrected chi connectivity index (χ2v) is 4.71. The van der Waals surface area contributed by atoms with Crippen LogP contribution in [0.25, 0.3) is 0 Å². The van der Waals surface area contributed by atoms with E-state index in [0.717, 1.165) is 25.5 Å². The van der Waals surface area contributed by atoms with Gasteiger partial charge in [-0.05, 0) is 25.3 Å². The fourth-order valence-electron chi connectivity index (χ4n) is 2.86. The van der Waals surface area contributed by atoms with Gasteiger partial charge < -0.3 is 10.2 Å². The van der Waals surface area contributed by atoms with Crippen LogP contribution >= 0.6 is 0 Å². The quantitative estimate of drug-likeness (QED) is 0.761. The molecule has 5 heteroatoms. The standard InChI is InChI=1S/C12H15N5/c13-6-10-12(16-5-4-15-10)17-7-9-2-1-3-14-11(9)8-17/h4-5,9,11,14H,1-3,7-8H2/t9-,11+/m0/s1. The molecule has 0 aliphatic carbocycles. The molecule has 0 unspecified atom stereocenters. The van der Waals surface area contributed by atoms with Crippen molar-refractivity contribution in [2.24, 2.45) is 5.92 Å². The van der Waals surface area contributed by atoms with E-state index in [1.54, 1.807) is 12.4 Å². The second-order valence-electron chi connectivity index (χ2n) is 4.71. The lowest BCUT2D eigenvalue weighted by Crippen LogP contribution is -2.40. The Hall–Kier alpha value is -1.67. The van der Waals surface area contributed by atoms with Gasteiger partial charge in [-0.3, -0.25) is 0 Å². The molecule has 5 nitrogen and oxygen atoms in total. The highest BCUT2D eigenvalue weighted by Gasteiger charge is 2.35. The predicted molar refractivity (Wildman–Crippen MR) is 63.5 cm³/mol. The fourth-order valence-corrected chi connectivity index (χ4v) is 2.86. The van der Waals surface area contributed by atoms with Crippen molar-refractivity contribution in [3.63, 3.8) is 0 Å². The molecule has 17 heavy (non-hydrogen) atoms. The molecule has 1 N–H and O–H groups in total. The molecule has 1 aromatic rings. The Morgan fingerprint density at radius 3 is 3.06 bits per heavy atom. The number of rotatable bonds is 1. The molecule has 3 rings (SSSR count). The van der Waals surface area contributed by atoms with Gasteiger partial charge in [-0.1, -0.05) is 0 Å². The van der Waals surface area contributed by atoms with Gasteiger partial charge >= 0.3 is 0 Å². The number of hydrogen-bond donors (Lipinski definition) is 1. The average molecular weight is 229 g/mol. The zero-order valence-corrected chi connectivity index (χ0v) is 9.63. The molecule has 2 saturated heterocycles. The van der Waals surface area contributed by atoms with Gasteiger partial charge in [0.05, 0.1) is 0 Å². The minimum absolute atomic E-state index is 0.436. The zero-order chi connectivity index (χ0) is 11.7. The Balaban J connectivity index is 1.84. The van der Waals surface area contributed by atoms with Crippen molar-refractivity contribution < 1.29 is 0 Å². The third-order valence-electron chi connectivity index (χ3n) is 3.68. The van der Waals surface area contributed by atoms with E-state index < -0.39 is 0 Å². The molecule has 2 aliphatic rings. The SMILES string of the molecule is N#Cc1nccnc1N1C[C@@H]2CCCN[C@@H]2C1. The van der Waals surface area contributed by atoms with Crippen LogP contribution in [0.2, 0.25) is 0 Å². The van der Waals surface area contributed by atoms with Gasteiger partial charge in [-0.15, -0.1) is 0 Å². The molecule has 0 spiro atoms. The normalized spacial score (nSPS) is 27.6. The molecule has 0 aromatic carbocycles. The molecule has 0 saturated carbocycles. The highest BCUT2D eigenvalue weighted by Crippen LogP contribution is 2.28. The first-order valence-corrected chi connectivity index (χ1v) is 6.08. The first-order valence-electron chi connectivity index (χ1n) is 6.08. The van der Waals surface area contributed by atoms with E-state index in [1.807, 2.05) is 0 Å². The maximum Gasteiger partial charge on any atom is 0.183 e. The van der Waals surface area contributed by atoms with Crippen LogP contribution in [0, 0.1) is 17.2 Å². The molecular weight excluding hydrogens is 214 g/mol. The minimum atomic E-state index is 0.436. The fraction of sp³-hybridized carbons (Fsp3) is 0.583. The van der Waals surface area contributed by atoms with Crippen molar-refractivity contribution in [2.75, 3.05) is 24.5 Å². The summed E-state index contributed by atoms with van der Waals surface area (Å²) in [5, 5.41) is 12.6. The van der Waals surface area contributed by atoms with Crippen LogP contribution in [-0.4, -0.2) is 35.6 Å². The van der Waals surface area contributed by atoms with Crippen molar-refractivity contribution in [3.8, 4) is 6.07 Å². The number of piperidine rings is 1. The van der Waals surface area contributed by atoms with Gasteiger partial charge in [-0.2, -0.15) is 5.26 Å². The summed E-state index contributed by atoms with van der Waals surface area (Å²) in [6.07, 6.45) is 5.76. The van der Waals surface area contributed by atoms with Crippen LogP contribution in [-0.2, 0) is 0 Å². The average Bonchev–Trinajstić information content (AvgIpc) is 2.82. The molecule has 88 valence electrons. The zero-order valence-electron chi connectivity index (χ0n) is 9.63. The molecule has 2 atom stereocenters. The number of nitriles is 1. The molecule has 0 bridgehead atoms. The van der Waals surface area contributed by atoms with Crippen LogP contribution in [0.1, 0.15) is 18.5 Å². The van der Waals surface area contributed by atoms with E-state index in [-0.39, 0.29) is 0 Å². The van der Waals surface area contributed by atoms with E-state index in [0.29, 0.717) is 17.7 Å². The van der Waals surface area contributed by atoms with Crippen LogP contribution in [0.4, 0.5) is 5.82 Å². The Morgan fingerprint density at radius 1 is 1.35 bits per heavy atom. The highest BCUT2D eigenvalue weighted by atomic mass is 15.3. The molecule has 3 heterocycles. The van der Waals surface area contributed by atoms with Crippen LogP contribution in [0.5, 0.6) is 0 Å². The monoisotopic (exact) mass is 229 g/mol. The summed E-state index contributed by atoms with van der Waals surface area (Å²) < 4.78 is 0. The smallest absolute Gasteiger partial charge is 0.183 e. The van der Waals surface area contributed by atoms with Gasteiger partial charge in [0, 0.05) is 31.5 Å². The summed E-state index contributed by atoms with van der Waals surface area (Å²) in [4.78, 5) is 10.6. The molecule has 2 aliphatic heterocycles. The molecule has 0 amide bonds. The topological polar surface area (TPSA) is 64.8 Å². The Bertz CT molecular complexity index is 438. The lowest BCUT2D eigenvalue weighted by atomic mass is 9.94. The van der Waals surface area contributed by atoms with Crippen LogP contribution in [0.15, 0.2) is 12.4 Å². The van der Waals surface area contributed by atoms with Crippen LogP contribution in [0.3, 0.4) is 0 Å². The van der Waals surface area contributed by atoms with E-state index in [2.05, 4.69) is 26.3 Å². The summed E-state index contributed by atoms with van der Waals surface area (Å²) >= 11 is 0. The number of hydrogen-bond acceptors (Lipinski definition) is 5.